The SMILES string of the molecule is C/C(C#N)=c1\nc(-c2ccc(F)cc2F)/c(=c2\oc(=C(C#N)C#N)nc2-c2ccc(F)cc2F)o1. The molecule has 0 saturated carbocycles. The van der Waals surface area contributed by atoms with Crippen LogP contribution >= 0.6 is 0 Å². The van der Waals surface area contributed by atoms with Gasteiger partial charge in [-0.1, -0.05) is 0 Å². The summed E-state index contributed by atoms with van der Waals surface area (Å²) < 4.78 is 67.6. The molecule has 0 aliphatic rings. The van der Waals surface area contributed by atoms with Gasteiger partial charge in [0.05, 0.1) is 5.57 Å². The quantitative estimate of drug-likeness (QED) is 0.405. The fourth-order valence-corrected chi connectivity index (χ4v) is 3.11. The van der Waals surface area contributed by atoms with Crippen LogP contribution in [0.5, 0.6) is 0 Å². The van der Waals surface area contributed by atoms with Gasteiger partial charge < -0.3 is 8.83 Å². The van der Waals surface area contributed by atoms with Crippen LogP contribution < -0.4 is 11.1 Å². The first-order chi connectivity index (χ1) is 16.8. The minimum absolute atomic E-state index is 0.0180. The van der Waals surface area contributed by atoms with Crippen molar-refractivity contribution in [1.82, 2.24) is 9.97 Å². The van der Waals surface area contributed by atoms with Crippen molar-refractivity contribution in [3.05, 3.63) is 81.6 Å². The number of rotatable bonds is 2. The molecular formula is C24H9F4N5O2. The monoisotopic (exact) mass is 475 g/mol. The van der Waals surface area contributed by atoms with Gasteiger partial charge in [-0.25, -0.2) is 27.5 Å². The topological polar surface area (TPSA) is 123 Å². The van der Waals surface area contributed by atoms with Crippen molar-refractivity contribution < 1.29 is 26.4 Å². The van der Waals surface area contributed by atoms with E-state index in [1.54, 1.807) is 12.1 Å². The molecule has 0 N–H and O–H groups in total. The lowest BCUT2D eigenvalue weighted by Gasteiger charge is -2.00. The number of oxazole rings is 2. The number of hydrogen-bond donors (Lipinski definition) is 0. The summed E-state index contributed by atoms with van der Waals surface area (Å²) in [6.45, 7) is 1.37. The number of nitriles is 3. The maximum Gasteiger partial charge on any atom is 0.249 e. The predicted octanol–water partition coefficient (Wildman–Crippen LogP) is 3.73. The van der Waals surface area contributed by atoms with Crippen LogP contribution in [-0.2, 0) is 0 Å². The van der Waals surface area contributed by atoms with Gasteiger partial charge in [0.25, 0.3) is 0 Å². The third-order valence-corrected chi connectivity index (χ3v) is 4.76. The Morgan fingerprint density at radius 1 is 0.714 bits per heavy atom. The molecule has 2 heterocycles. The van der Waals surface area contributed by atoms with Gasteiger partial charge in [-0.2, -0.15) is 15.8 Å². The Hall–Kier alpha value is -5.21. The standard InChI is InChI=1S/C24H9F4N5O2/c1-11(8-29)23-32-19(15-4-2-13(25)6-17(15)27)21(34-23)22-20(16-5-3-14(26)7-18(16)28)33-24(35-22)12(9-30)10-31/h2-7H,1H3/b22-21+,23-11-. The summed E-state index contributed by atoms with van der Waals surface area (Å²) in [7, 11) is 0. The van der Waals surface area contributed by atoms with E-state index in [0.29, 0.717) is 12.1 Å². The van der Waals surface area contributed by atoms with Gasteiger partial charge in [0.1, 0.15) is 52.9 Å². The first-order valence-corrected chi connectivity index (χ1v) is 9.61. The lowest BCUT2D eigenvalue weighted by Crippen LogP contribution is -2.04. The second-order valence-electron chi connectivity index (χ2n) is 6.98. The normalized spacial score (nSPS) is 12.4. The van der Waals surface area contributed by atoms with E-state index in [1.807, 2.05) is 6.07 Å². The number of hydrogen-bond acceptors (Lipinski definition) is 7. The molecule has 0 atom stereocenters. The van der Waals surface area contributed by atoms with Crippen LogP contribution in [0.4, 0.5) is 17.6 Å². The van der Waals surface area contributed by atoms with E-state index >= 15 is 0 Å². The molecule has 0 aliphatic carbocycles. The average molecular weight is 475 g/mol. The Bertz CT molecular complexity index is 1840. The molecule has 2 aromatic heterocycles. The second-order valence-corrected chi connectivity index (χ2v) is 6.98. The van der Waals surface area contributed by atoms with E-state index in [0.717, 1.165) is 24.3 Å². The molecule has 0 spiro atoms. The maximum absolute atomic E-state index is 14.7. The third kappa shape index (κ3) is 4.12. The first kappa shape index (κ1) is 23.0. The minimum atomic E-state index is -1.06. The van der Waals surface area contributed by atoms with Crippen molar-refractivity contribution in [2.24, 2.45) is 0 Å². The molecule has 0 radical (unpaired) electrons. The van der Waals surface area contributed by atoms with Gasteiger partial charge in [0, 0.05) is 23.3 Å². The number of halogens is 4. The zero-order valence-electron chi connectivity index (χ0n) is 17.5. The molecule has 11 heteroatoms. The molecule has 4 rings (SSSR count). The Morgan fingerprint density at radius 3 is 1.60 bits per heavy atom. The Kier molecular flexibility index (Phi) is 5.88. The van der Waals surface area contributed by atoms with Gasteiger partial charge in [-0.15, -0.1) is 0 Å². The van der Waals surface area contributed by atoms with Gasteiger partial charge in [-0.3, -0.25) is 0 Å². The van der Waals surface area contributed by atoms with E-state index in [4.69, 9.17) is 8.83 Å². The van der Waals surface area contributed by atoms with Crippen LogP contribution in [0, 0.1) is 68.1 Å². The highest BCUT2D eigenvalue weighted by Crippen LogP contribution is 2.27. The molecule has 170 valence electrons. The highest BCUT2D eigenvalue weighted by Gasteiger charge is 2.20. The molecular weight excluding hydrogens is 466 g/mol. The van der Waals surface area contributed by atoms with Gasteiger partial charge in [0.15, 0.2) is 5.57 Å². The summed E-state index contributed by atoms with van der Waals surface area (Å²) in [6, 6.07) is 10.2. The van der Waals surface area contributed by atoms with Crippen molar-refractivity contribution in [2.45, 2.75) is 6.92 Å². The van der Waals surface area contributed by atoms with Crippen molar-refractivity contribution in [1.29, 1.82) is 15.8 Å². The minimum Gasteiger partial charge on any atom is -0.432 e. The van der Waals surface area contributed by atoms with Crippen LogP contribution in [0.1, 0.15) is 6.92 Å². The second kappa shape index (κ2) is 8.97. The molecule has 0 bridgehead atoms. The van der Waals surface area contributed by atoms with Crippen molar-refractivity contribution in [2.75, 3.05) is 0 Å². The fourth-order valence-electron chi connectivity index (χ4n) is 3.11. The van der Waals surface area contributed by atoms with Crippen LogP contribution in [0.2, 0.25) is 0 Å². The summed E-state index contributed by atoms with van der Waals surface area (Å²) in [4.78, 5) is 8.13. The number of aromatic nitrogens is 2. The lowest BCUT2D eigenvalue weighted by molar-refractivity contribution is 0.440. The zero-order chi connectivity index (χ0) is 25.3. The largest absolute Gasteiger partial charge is 0.432 e. The third-order valence-electron chi connectivity index (χ3n) is 4.76. The highest BCUT2D eigenvalue weighted by molar-refractivity contribution is 5.71. The Labute approximate surface area is 193 Å². The van der Waals surface area contributed by atoms with Crippen LogP contribution in [-0.4, -0.2) is 9.97 Å². The highest BCUT2D eigenvalue weighted by atomic mass is 19.1. The molecule has 2 aromatic carbocycles. The number of nitrogens with zero attached hydrogens (tertiary/aromatic N) is 5. The van der Waals surface area contributed by atoms with Crippen molar-refractivity contribution >= 4 is 11.1 Å². The molecule has 4 aromatic rings. The zero-order valence-corrected chi connectivity index (χ0v) is 17.5. The molecule has 0 saturated heterocycles. The van der Waals surface area contributed by atoms with E-state index in [1.165, 1.54) is 6.92 Å². The Morgan fingerprint density at radius 2 is 1.17 bits per heavy atom. The van der Waals surface area contributed by atoms with Crippen LogP contribution in [0.25, 0.3) is 33.7 Å². The predicted molar refractivity (Wildman–Crippen MR) is 110 cm³/mol. The summed E-state index contributed by atoms with van der Waals surface area (Å²) in [5, 5.41) is 27.7. The molecule has 7 nitrogen and oxygen atoms in total. The van der Waals surface area contributed by atoms with Gasteiger partial charge >= 0.3 is 0 Å². The van der Waals surface area contributed by atoms with Crippen molar-refractivity contribution in [3.8, 4) is 40.7 Å². The van der Waals surface area contributed by atoms with E-state index in [9.17, 15) is 33.3 Å². The fraction of sp³-hybridized carbons (Fsp3) is 0.0417. The van der Waals surface area contributed by atoms with E-state index in [2.05, 4.69) is 9.97 Å². The molecule has 0 aliphatic heterocycles. The van der Waals surface area contributed by atoms with Gasteiger partial charge in [0.2, 0.25) is 21.9 Å². The molecule has 0 fully saturated rings. The van der Waals surface area contributed by atoms with E-state index in [-0.39, 0.29) is 39.0 Å². The van der Waals surface area contributed by atoms with Crippen molar-refractivity contribution in [3.63, 3.8) is 0 Å². The average Bonchev–Trinajstić information content (AvgIpc) is 3.44. The van der Waals surface area contributed by atoms with Crippen LogP contribution in [0.3, 0.4) is 0 Å². The summed E-state index contributed by atoms with van der Waals surface area (Å²) in [5.41, 5.74) is -3.24. The molecule has 0 unspecified atom stereocenters. The lowest BCUT2D eigenvalue weighted by atomic mass is 10.1. The molecule has 0 amide bonds. The summed E-state index contributed by atoms with van der Waals surface area (Å²) in [6.07, 6.45) is 0. The van der Waals surface area contributed by atoms with E-state index < -0.39 is 39.8 Å². The number of benzene rings is 2. The Balaban J connectivity index is 2.31. The van der Waals surface area contributed by atoms with Crippen LogP contribution in [0.15, 0.2) is 45.2 Å². The smallest absolute Gasteiger partial charge is 0.249 e. The summed E-state index contributed by atoms with van der Waals surface area (Å²) in [5.74, 6) is -3.84. The van der Waals surface area contributed by atoms with Gasteiger partial charge in [-0.05, 0) is 31.2 Å². The molecule has 35 heavy (non-hydrogen) atoms. The summed E-state index contributed by atoms with van der Waals surface area (Å²) >= 11 is 0. The first-order valence-electron chi connectivity index (χ1n) is 9.61. The maximum atomic E-state index is 14.7.